The van der Waals surface area contributed by atoms with Gasteiger partial charge in [-0.05, 0) is 72.7 Å². The standard InChI is InChI=1S/C32H32FN3O5/c1-6-34-32(37)26-14-13-25(20-27(26)33)36-24(12-8-22-10-16-29(39-3)31(18-22)41-5)19-23(35-36)11-7-21-9-15-28(38-2)30(17-21)40-4/h7-20H,6H2,1-5H3,(H,34,37)/b11-7+,12-8+. The monoisotopic (exact) mass is 557 g/mol. The third-order valence-electron chi connectivity index (χ3n) is 6.24. The summed E-state index contributed by atoms with van der Waals surface area (Å²) < 4.78 is 38.1. The molecule has 4 aromatic rings. The summed E-state index contributed by atoms with van der Waals surface area (Å²) >= 11 is 0. The zero-order chi connectivity index (χ0) is 29.4. The summed E-state index contributed by atoms with van der Waals surface area (Å²) in [5.41, 5.74) is 3.52. The Morgan fingerprint density at radius 2 is 1.37 bits per heavy atom. The number of carbonyl (C=O) groups is 1. The second-order valence-electron chi connectivity index (χ2n) is 8.82. The Morgan fingerprint density at radius 1 is 0.780 bits per heavy atom. The molecule has 41 heavy (non-hydrogen) atoms. The number of halogens is 1. The summed E-state index contributed by atoms with van der Waals surface area (Å²) in [5, 5.41) is 7.33. The molecular formula is C32H32FN3O5. The molecule has 1 amide bonds. The number of ether oxygens (including phenoxy) is 4. The van der Waals surface area contributed by atoms with Gasteiger partial charge in [-0.1, -0.05) is 24.3 Å². The van der Waals surface area contributed by atoms with Gasteiger partial charge in [-0.15, -0.1) is 0 Å². The van der Waals surface area contributed by atoms with E-state index in [1.807, 2.05) is 66.8 Å². The SMILES string of the molecule is CCNC(=O)c1ccc(-n2nc(/C=C/c3ccc(OC)c(OC)c3)cc2/C=C/c2ccc(OC)c(OC)c2)cc1F. The third kappa shape index (κ3) is 6.75. The molecule has 9 heteroatoms. The number of hydrogen-bond donors (Lipinski definition) is 1. The Hall–Kier alpha value is -5.05. The number of benzene rings is 3. The van der Waals surface area contributed by atoms with Crippen molar-refractivity contribution in [3.8, 4) is 28.7 Å². The van der Waals surface area contributed by atoms with Gasteiger partial charge in [0.1, 0.15) is 5.82 Å². The van der Waals surface area contributed by atoms with E-state index in [9.17, 15) is 9.18 Å². The van der Waals surface area contributed by atoms with Crippen molar-refractivity contribution in [2.24, 2.45) is 0 Å². The third-order valence-corrected chi connectivity index (χ3v) is 6.24. The minimum absolute atomic E-state index is 0.0289. The van der Waals surface area contributed by atoms with Crippen LogP contribution < -0.4 is 24.3 Å². The average molecular weight is 558 g/mol. The lowest BCUT2D eigenvalue weighted by Gasteiger charge is -2.09. The fourth-order valence-electron chi connectivity index (χ4n) is 4.17. The molecule has 0 aliphatic heterocycles. The van der Waals surface area contributed by atoms with Gasteiger partial charge in [0.2, 0.25) is 0 Å². The van der Waals surface area contributed by atoms with Crippen molar-refractivity contribution in [1.82, 2.24) is 15.1 Å². The van der Waals surface area contributed by atoms with Gasteiger partial charge >= 0.3 is 0 Å². The maximum Gasteiger partial charge on any atom is 0.254 e. The second kappa shape index (κ2) is 13.3. The molecule has 0 spiro atoms. The number of nitrogens with zero attached hydrogens (tertiary/aromatic N) is 2. The van der Waals surface area contributed by atoms with Gasteiger partial charge in [0.25, 0.3) is 5.91 Å². The molecule has 0 radical (unpaired) electrons. The smallest absolute Gasteiger partial charge is 0.254 e. The highest BCUT2D eigenvalue weighted by atomic mass is 19.1. The summed E-state index contributed by atoms with van der Waals surface area (Å²) in [6.07, 6.45) is 7.52. The van der Waals surface area contributed by atoms with Crippen LogP contribution in [0, 0.1) is 5.82 Å². The highest BCUT2D eigenvalue weighted by Gasteiger charge is 2.14. The predicted octanol–water partition coefficient (Wildman–Crippen LogP) is 6.14. The van der Waals surface area contributed by atoms with Crippen LogP contribution in [0.2, 0.25) is 0 Å². The van der Waals surface area contributed by atoms with Crippen LogP contribution >= 0.6 is 0 Å². The molecule has 0 saturated carbocycles. The van der Waals surface area contributed by atoms with E-state index in [0.29, 0.717) is 46.6 Å². The zero-order valence-corrected chi connectivity index (χ0v) is 23.6. The first kappa shape index (κ1) is 28.9. The van der Waals surface area contributed by atoms with Gasteiger partial charge in [0.05, 0.1) is 51.1 Å². The molecular weight excluding hydrogens is 525 g/mol. The van der Waals surface area contributed by atoms with Gasteiger partial charge in [-0.2, -0.15) is 5.10 Å². The highest BCUT2D eigenvalue weighted by molar-refractivity contribution is 5.94. The number of amides is 1. The van der Waals surface area contributed by atoms with Crippen molar-refractivity contribution in [3.05, 3.63) is 94.6 Å². The first-order chi connectivity index (χ1) is 19.9. The molecule has 0 atom stereocenters. The van der Waals surface area contributed by atoms with Crippen molar-refractivity contribution in [2.75, 3.05) is 35.0 Å². The summed E-state index contributed by atoms with van der Waals surface area (Å²) in [6, 6.07) is 17.5. The number of methoxy groups -OCH3 is 4. The predicted molar refractivity (Wildman–Crippen MR) is 158 cm³/mol. The van der Waals surface area contributed by atoms with Crippen LogP contribution in [0.15, 0.2) is 60.7 Å². The number of hydrogen-bond acceptors (Lipinski definition) is 6. The van der Waals surface area contributed by atoms with Crippen molar-refractivity contribution >= 4 is 30.2 Å². The van der Waals surface area contributed by atoms with Gasteiger partial charge in [-0.3, -0.25) is 4.79 Å². The van der Waals surface area contributed by atoms with Gasteiger partial charge in [-0.25, -0.2) is 9.07 Å². The van der Waals surface area contributed by atoms with Crippen LogP contribution in [0.3, 0.4) is 0 Å². The van der Waals surface area contributed by atoms with E-state index in [0.717, 1.165) is 11.1 Å². The number of aromatic nitrogens is 2. The summed E-state index contributed by atoms with van der Waals surface area (Å²) in [4.78, 5) is 12.2. The maximum atomic E-state index is 15.0. The minimum atomic E-state index is -0.638. The summed E-state index contributed by atoms with van der Waals surface area (Å²) in [5.74, 6) is 1.37. The van der Waals surface area contributed by atoms with Crippen LogP contribution in [-0.4, -0.2) is 50.7 Å². The fourth-order valence-corrected chi connectivity index (χ4v) is 4.17. The maximum absolute atomic E-state index is 15.0. The molecule has 8 nitrogen and oxygen atoms in total. The number of rotatable bonds is 11. The first-order valence-electron chi connectivity index (χ1n) is 12.9. The molecule has 1 N–H and O–H groups in total. The summed E-state index contributed by atoms with van der Waals surface area (Å²) in [6.45, 7) is 2.18. The number of nitrogens with one attached hydrogen (secondary N) is 1. The zero-order valence-electron chi connectivity index (χ0n) is 23.6. The van der Waals surface area contributed by atoms with E-state index >= 15 is 0 Å². The quantitative estimate of drug-likeness (QED) is 0.239. The molecule has 1 heterocycles. The van der Waals surface area contributed by atoms with Crippen molar-refractivity contribution in [2.45, 2.75) is 6.92 Å². The van der Waals surface area contributed by atoms with E-state index in [1.54, 1.807) is 46.1 Å². The first-order valence-corrected chi connectivity index (χ1v) is 12.9. The fraction of sp³-hybridized carbons (Fsp3) is 0.188. The van der Waals surface area contributed by atoms with Gasteiger partial charge in [0, 0.05) is 12.6 Å². The molecule has 0 aliphatic carbocycles. The molecule has 0 saturated heterocycles. The lowest BCUT2D eigenvalue weighted by Crippen LogP contribution is -2.23. The normalized spacial score (nSPS) is 11.2. The number of carbonyl (C=O) groups excluding carboxylic acids is 1. The van der Waals surface area contributed by atoms with E-state index in [1.165, 1.54) is 12.1 Å². The lowest BCUT2D eigenvalue weighted by molar-refractivity contribution is 0.0952. The largest absolute Gasteiger partial charge is 0.493 e. The molecule has 3 aromatic carbocycles. The van der Waals surface area contributed by atoms with Gasteiger partial charge in [0.15, 0.2) is 23.0 Å². The van der Waals surface area contributed by atoms with Crippen LogP contribution in [0.25, 0.3) is 30.0 Å². The molecule has 1 aromatic heterocycles. The average Bonchev–Trinajstić information content (AvgIpc) is 3.41. The van der Waals surface area contributed by atoms with E-state index < -0.39 is 11.7 Å². The van der Waals surface area contributed by atoms with Crippen LogP contribution in [0.1, 0.15) is 39.8 Å². The molecule has 0 bridgehead atoms. The van der Waals surface area contributed by atoms with Crippen molar-refractivity contribution in [3.63, 3.8) is 0 Å². The topological polar surface area (TPSA) is 83.8 Å². The molecule has 4 rings (SSSR count). The van der Waals surface area contributed by atoms with E-state index in [-0.39, 0.29) is 5.56 Å². The van der Waals surface area contributed by atoms with E-state index in [4.69, 9.17) is 24.0 Å². The Kier molecular flexibility index (Phi) is 9.42. The van der Waals surface area contributed by atoms with Crippen LogP contribution in [-0.2, 0) is 0 Å². The Morgan fingerprint density at radius 3 is 1.90 bits per heavy atom. The van der Waals surface area contributed by atoms with Crippen molar-refractivity contribution < 1.29 is 28.1 Å². The highest BCUT2D eigenvalue weighted by Crippen LogP contribution is 2.30. The second-order valence-corrected chi connectivity index (χ2v) is 8.82. The molecule has 0 aliphatic rings. The van der Waals surface area contributed by atoms with Gasteiger partial charge < -0.3 is 24.3 Å². The van der Waals surface area contributed by atoms with E-state index in [2.05, 4.69) is 5.32 Å². The minimum Gasteiger partial charge on any atom is -0.493 e. The molecule has 212 valence electrons. The lowest BCUT2D eigenvalue weighted by atomic mass is 10.1. The molecule has 0 fully saturated rings. The van der Waals surface area contributed by atoms with Crippen LogP contribution in [0.4, 0.5) is 4.39 Å². The van der Waals surface area contributed by atoms with Crippen LogP contribution in [0.5, 0.6) is 23.0 Å². The Balaban J connectivity index is 1.73. The Labute approximate surface area is 238 Å². The molecule has 0 unspecified atom stereocenters. The van der Waals surface area contributed by atoms with Crippen molar-refractivity contribution in [1.29, 1.82) is 0 Å². The Bertz CT molecular complexity index is 1590. The summed E-state index contributed by atoms with van der Waals surface area (Å²) in [7, 11) is 6.33.